The molecule has 12 heteroatoms. The predicted octanol–water partition coefficient (Wildman–Crippen LogP) is 7.94. The summed E-state index contributed by atoms with van der Waals surface area (Å²) in [6.07, 6.45) is 7.74. The van der Waals surface area contributed by atoms with Crippen LogP contribution in [0, 0.1) is 5.92 Å². The van der Waals surface area contributed by atoms with E-state index in [1.165, 1.54) is 15.8 Å². The number of H-pyrrole nitrogens is 1. The van der Waals surface area contributed by atoms with Crippen molar-refractivity contribution < 1.29 is 18.7 Å². The molecule has 1 amide bonds. The zero-order valence-corrected chi connectivity index (χ0v) is 33.5. The van der Waals surface area contributed by atoms with Gasteiger partial charge in [-0.25, -0.2) is 4.68 Å². The topological polar surface area (TPSA) is 118 Å². The number of rotatable bonds is 13. The SMILES string of the molecule is CC(C)=CCC/C(C)=C/CN1C(=O)[C@]2(O[C@H](CCn3cc(C(CO)c4ccccc4)nn3)[C@@H]([Si](C)(C)F)[C@@H]2C)c2cc(-n3[nH]c4ccccc4c3=O)ccc21. The van der Waals surface area contributed by atoms with Crippen molar-refractivity contribution in [1.29, 1.82) is 0 Å². The number of carbonyl (C=O) groups is 1. The van der Waals surface area contributed by atoms with Gasteiger partial charge in [0.15, 0.2) is 5.60 Å². The lowest BCUT2D eigenvalue weighted by atomic mass is 9.82. The summed E-state index contributed by atoms with van der Waals surface area (Å²) in [6, 6.07) is 22.6. The Bertz CT molecular complexity index is 2300. The first-order valence-corrected chi connectivity index (χ1v) is 22.2. The number of allylic oxidation sites excluding steroid dienone is 3. The van der Waals surface area contributed by atoms with Crippen molar-refractivity contribution in [3.8, 4) is 5.69 Å². The lowest BCUT2D eigenvalue weighted by Gasteiger charge is -2.31. The normalized spacial score (nSPS) is 21.8. The Hall–Kier alpha value is -4.91. The van der Waals surface area contributed by atoms with Crippen LogP contribution in [0.2, 0.25) is 18.6 Å². The fourth-order valence-electron chi connectivity index (χ4n) is 8.70. The first kappa shape index (κ1) is 38.4. The number of hydrogen-bond donors (Lipinski definition) is 2. The third-order valence-corrected chi connectivity index (χ3v) is 13.9. The molecule has 0 aliphatic carbocycles. The highest BCUT2D eigenvalue weighted by molar-refractivity contribution is 6.72. The Morgan fingerprint density at radius 2 is 1.80 bits per heavy atom. The maximum atomic E-state index is 16.7. The van der Waals surface area contributed by atoms with Crippen molar-refractivity contribution in [2.45, 2.75) is 89.8 Å². The maximum absolute atomic E-state index is 16.7. The number of para-hydroxylation sites is 1. The fourth-order valence-corrected chi connectivity index (χ4v) is 11.2. The molecule has 1 spiro atoms. The highest BCUT2D eigenvalue weighted by Crippen LogP contribution is 2.60. The highest BCUT2D eigenvalue weighted by Gasteiger charge is 2.66. The molecule has 2 aromatic heterocycles. The molecule has 55 heavy (non-hydrogen) atoms. The van der Waals surface area contributed by atoms with Crippen LogP contribution in [0.25, 0.3) is 16.6 Å². The van der Waals surface area contributed by atoms with Crippen molar-refractivity contribution in [2.75, 3.05) is 18.1 Å². The molecule has 0 radical (unpaired) electrons. The van der Waals surface area contributed by atoms with Crippen LogP contribution in [0.1, 0.15) is 69.7 Å². The molecule has 3 aromatic carbocycles. The second-order valence-electron chi connectivity index (χ2n) is 15.9. The van der Waals surface area contributed by atoms with Crippen LogP contribution in [0.4, 0.5) is 9.80 Å². The van der Waals surface area contributed by atoms with Gasteiger partial charge in [-0.2, -0.15) is 0 Å². The van der Waals surface area contributed by atoms with E-state index < -0.39 is 31.6 Å². The van der Waals surface area contributed by atoms with Gasteiger partial charge in [0.1, 0.15) is 0 Å². The Morgan fingerprint density at radius 3 is 2.51 bits per heavy atom. The standard InChI is InChI=1S/C43H51FN6O4Si/c1-28(2)13-12-14-29(3)21-24-49-38-20-19-32(50-41(52)33-17-10-11-18-36(33)46-50)25-35(38)43(42(49)53)30(4)40(55(5,6)44)39(54-43)22-23-48-26-37(45-47-48)34(27-51)31-15-8-7-9-16-31/h7-11,13,15-21,25-26,30,34,39-40,46,51H,12,14,22-24,27H2,1-6H3/b29-21+/t30-,34?,39+,40-,43+/m0/s1. The third kappa shape index (κ3) is 7.18. The number of ether oxygens (including phenoxy) is 1. The van der Waals surface area contributed by atoms with Crippen molar-refractivity contribution >= 4 is 30.9 Å². The monoisotopic (exact) mass is 762 g/mol. The minimum atomic E-state index is -3.44. The van der Waals surface area contributed by atoms with Crippen LogP contribution in [-0.4, -0.2) is 63.5 Å². The number of aromatic amines is 1. The Labute approximate surface area is 322 Å². The number of hydrogen-bond acceptors (Lipinski definition) is 6. The molecule has 2 N–H and O–H groups in total. The molecule has 5 aromatic rings. The number of fused-ring (bicyclic) bond motifs is 3. The maximum Gasteiger partial charge on any atom is 0.279 e. The minimum absolute atomic E-state index is 0.118. The number of anilines is 1. The van der Waals surface area contributed by atoms with E-state index in [0.717, 1.165) is 18.4 Å². The van der Waals surface area contributed by atoms with Crippen LogP contribution in [-0.2, 0) is 21.7 Å². The second kappa shape index (κ2) is 15.3. The molecule has 2 aliphatic rings. The highest BCUT2D eigenvalue weighted by atomic mass is 28.4. The number of amides is 1. The van der Waals surface area contributed by atoms with Gasteiger partial charge >= 0.3 is 0 Å². The first-order chi connectivity index (χ1) is 26.3. The summed E-state index contributed by atoms with van der Waals surface area (Å²) in [5, 5.41) is 22.8. The van der Waals surface area contributed by atoms with E-state index in [-0.39, 0.29) is 24.0 Å². The molecule has 1 unspecified atom stereocenters. The molecule has 2 aliphatic heterocycles. The summed E-state index contributed by atoms with van der Waals surface area (Å²) in [5.41, 5.74) is 4.47. The molecule has 0 bridgehead atoms. The van der Waals surface area contributed by atoms with Crippen LogP contribution in [0.3, 0.4) is 0 Å². The van der Waals surface area contributed by atoms with Crippen molar-refractivity contribution in [2.24, 2.45) is 5.92 Å². The van der Waals surface area contributed by atoms with E-state index in [1.807, 2.05) is 79.9 Å². The number of benzene rings is 3. The number of aryl methyl sites for hydroxylation is 1. The third-order valence-electron chi connectivity index (χ3n) is 11.4. The number of carbonyl (C=O) groups excluding carboxylic acids is 1. The number of halogens is 1. The summed E-state index contributed by atoms with van der Waals surface area (Å²) in [5.74, 6) is -1.04. The van der Waals surface area contributed by atoms with Crippen molar-refractivity contribution in [1.82, 2.24) is 24.8 Å². The zero-order chi connectivity index (χ0) is 39.1. The van der Waals surface area contributed by atoms with Gasteiger partial charge in [-0.1, -0.05) is 77.9 Å². The largest absolute Gasteiger partial charge is 0.395 e. The molecular weight excluding hydrogens is 712 g/mol. The molecule has 1 fully saturated rings. The van der Waals surface area contributed by atoms with Crippen LogP contribution >= 0.6 is 0 Å². The van der Waals surface area contributed by atoms with Crippen molar-refractivity contribution in [3.05, 3.63) is 129 Å². The number of nitrogens with zero attached hydrogens (tertiary/aromatic N) is 5. The second-order valence-corrected chi connectivity index (χ2v) is 19.7. The van der Waals surface area contributed by atoms with Gasteiger partial charge < -0.3 is 18.9 Å². The molecule has 5 atom stereocenters. The number of aromatic nitrogens is 5. The van der Waals surface area contributed by atoms with Gasteiger partial charge in [-0.05, 0) is 89.0 Å². The van der Waals surface area contributed by atoms with E-state index in [2.05, 4.69) is 48.3 Å². The fraction of sp³-hybridized carbons (Fsp3) is 0.395. The summed E-state index contributed by atoms with van der Waals surface area (Å²) >= 11 is 0. The molecule has 7 rings (SSSR count). The zero-order valence-electron chi connectivity index (χ0n) is 32.5. The van der Waals surface area contributed by atoms with Gasteiger partial charge in [-0.15, -0.1) is 5.10 Å². The lowest BCUT2D eigenvalue weighted by Crippen LogP contribution is -2.45. The number of aliphatic hydroxyl groups is 1. The van der Waals surface area contributed by atoms with Crippen molar-refractivity contribution in [3.63, 3.8) is 0 Å². The summed E-state index contributed by atoms with van der Waals surface area (Å²) in [7, 11) is -3.44. The molecular formula is C43H51FN6O4Si. The van der Waals surface area contributed by atoms with Gasteiger partial charge in [0, 0.05) is 36.3 Å². The average molecular weight is 763 g/mol. The molecule has 10 nitrogen and oxygen atoms in total. The van der Waals surface area contributed by atoms with Crippen LogP contribution in [0.15, 0.2) is 107 Å². The summed E-state index contributed by atoms with van der Waals surface area (Å²) in [6.45, 7) is 12.2. The smallest absolute Gasteiger partial charge is 0.279 e. The Balaban J connectivity index is 1.25. The van der Waals surface area contributed by atoms with Crippen LogP contribution in [0.5, 0.6) is 0 Å². The van der Waals surface area contributed by atoms with E-state index in [4.69, 9.17) is 4.74 Å². The quantitative estimate of drug-likeness (QED) is 0.0715. The van der Waals surface area contributed by atoms with E-state index in [1.54, 1.807) is 28.7 Å². The first-order valence-electron chi connectivity index (χ1n) is 19.2. The van der Waals surface area contributed by atoms with E-state index in [0.29, 0.717) is 53.0 Å². The van der Waals surface area contributed by atoms with Gasteiger partial charge in [0.05, 0.1) is 46.6 Å². The summed E-state index contributed by atoms with van der Waals surface area (Å²) in [4.78, 5) is 30.4. The van der Waals surface area contributed by atoms with Gasteiger partial charge in [0.2, 0.25) is 8.41 Å². The van der Waals surface area contributed by atoms with Gasteiger partial charge in [0.25, 0.3) is 11.5 Å². The van der Waals surface area contributed by atoms with Gasteiger partial charge in [-0.3, -0.25) is 19.4 Å². The summed E-state index contributed by atoms with van der Waals surface area (Å²) < 4.78 is 26.9. The number of aliphatic hydroxyl groups excluding tert-OH is 1. The minimum Gasteiger partial charge on any atom is -0.395 e. The number of nitrogens with one attached hydrogen (secondary N) is 1. The Morgan fingerprint density at radius 1 is 1.05 bits per heavy atom. The van der Waals surface area contributed by atoms with E-state index >= 15 is 8.90 Å². The lowest BCUT2D eigenvalue weighted by molar-refractivity contribution is -0.145. The average Bonchev–Trinajstić information content (AvgIpc) is 3.90. The predicted molar refractivity (Wildman–Crippen MR) is 217 cm³/mol. The molecule has 288 valence electrons. The molecule has 0 saturated carbocycles. The molecule has 1 saturated heterocycles. The Kier molecular flexibility index (Phi) is 10.7. The van der Waals surface area contributed by atoms with E-state index in [9.17, 15) is 9.90 Å². The molecule has 4 heterocycles. The van der Waals surface area contributed by atoms with Crippen LogP contribution < -0.4 is 10.5 Å².